The van der Waals surface area contributed by atoms with E-state index >= 15 is 0 Å². The number of aliphatic hydroxyl groups is 1. The summed E-state index contributed by atoms with van der Waals surface area (Å²) in [5.41, 5.74) is 0.634. The molecule has 1 N–H and O–H groups in total. The molecule has 4 rings (SSSR count). The number of morpholine rings is 1. The third-order valence-corrected chi connectivity index (χ3v) is 6.22. The molecule has 2 fully saturated rings. The van der Waals surface area contributed by atoms with Crippen molar-refractivity contribution >= 4 is 10.8 Å². The van der Waals surface area contributed by atoms with E-state index in [0.717, 1.165) is 58.8 Å². The van der Waals surface area contributed by atoms with Gasteiger partial charge >= 0.3 is 0 Å². The molecule has 2 heterocycles. The Labute approximate surface area is 156 Å². The van der Waals surface area contributed by atoms with Crippen molar-refractivity contribution in [2.75, 3.05) is 53.0 Å². The van der Waals surface area contributed by atoms with Gasteiger partial charge in [-0.05, 0) is 36.2 Å². The summed E-state index contributed by atoms with van der Waals surface area (Å²) in [6.07, 6.45) is 1.68. The van der Waals surface area contributed by atoms with Gasteiger partial charge in [0.15, 0.2) is 0 Å². The molecule has 0 amide bonds. The molecule has 0 radical (unpaired) electrons. The van der Waals surface area contributed by atoms with E-state index in [2.05, 4.69) is 59.3 Å². The third-order valence-electron chi connectivity index (χ3n) is 6.22. The van der Waals surface area contributed by atoms with Crippen molar-refractivity contribution in [1.29, 1.82) is 0 Å². The fraction of sp³-hybridized carbons (Fsp3) is 0.545. The zero-order valence-electron chi connectivity index (χ0n) is 15.7. The van der Waals surface area contributed by atoms with Crippen molar-refractivity contribution in [2.24, 2.45) is 0 Å². The fourth-order valence-corrected chi connectivity index (χ4v) is 4.41. The molecular formula is C22H30N2O2. The van der Waals surface area contributed by atoms with Crippen molar-refractivity contribution in [3.8, 4) is 0 Å². The quantitative estimate of drug-likeness (QED) is 0.916. The molecule has 2 aromatic carbocycles. The van der Waals surface area contributed by atoms with Crippen molar-refractivity contribution in [3.63, 3.8) is 0 Å². The van der Waals surface area contributed by atoms with Crippen molar-refractivity contribution < 1.29 is 9.84 Å². The van der Waals surface area contributed by atoms with Gasteiger partial charge in [-0.25, -0.2) is 0 Å². The molecule has 2 aromatic rings. The maximum atomic E-state index is 11.6. The van der Waals surface area contributed by atoms with Crippen LogP contribution in [0, 0.1) is 0 Å². The summed E-state index contributed by atoms with van der Waals surface area (Å²) < 4.78 is 5.52. The van der Waals surface area contributed by atoms with Gasteiger partial charge < -0.3 is 14.7 Å². The van der Waals surface area contributed by atoms with Crippen LogP contribution < -0.4 is 0 Å². The second kappa shape index (κ2) is 7.65. The lowest BCUT2D eigenvalue weighted by Gasteiger charge is -2.44. The first-order valence-electron chi connectivity index (χ1n) is 9.84. The van der Waals surface area contributed by atoms with E-state index in [1.54, 1.807) is 0 Å². The van der Waals surface area contributed by atoms with Gasteiger partial charge in [0.1, 0.15) is 0 Å². The molecule has 26 heavy (non-hydrogen) atoms. The predicted octanol–water partition coefficient (Wildman–Crippen LogP) is 2.71. The lowest BCUT2D eigenvalue weighted by molar-refractivity contribution is -0.0537. The van der Waals surface area contributed by atoms with Crippen LogP contribution in [0.1, 0.15) is 24.3 Å². The van der Waals surface area contributed by atoms with Crippen LogP contribution >= 0.6 is 0 Å². The summed E-state index contributed by atoms with van der Waals surface area (Å²) in [7, 11) is 2.15. The molecule has 2 saturated heterocycles. The number of fused-ring (bicyclic) bond motifs is 1. The second-order valence-corrected chi connectivity index (χ2v) is 7.98. The minimum Gasteiger partial charge on any atom is -0.389 e. The first kappa shape index (κ1) is 17.9. The average molecular weight is 354 g/mol. The number of hydrogen-bond acceptors (Lipinski definition) is 4. The Morgan fingerprint density at radius 2 is 1.69 bits per heavy atom. The topological polar surface area (TPSA) is 35.9 Å². The molecular weight excluding hydrogens is 324 g/mol. The molecule has 0 aromatic heterocycles. The Hall–Kier alpha value is -1.46. The maximum Gasteiger partial charge on any atom is 0.0752 e. The molecule has 1 atom stereocenters. The highest BCUT2D eigenvalue weighted by atomic mass is 16.5. The third kappa shape index (κ3) is 3.79. The SMILES string of the molecule is CN1CCC(O)(C(CN2CCOCC2)c2ccc3ccccc3c2)CC1. The first-order valence-corrected chi connectivity index (χ1v) is 9.84. The summed E-state index contributed by atoms with van der Waals surface area (Å²) >= 11 is 0. The molecule has 4 heteroatoms. The molecule has 2 aliphatic heterocycles. The molecule has 140 valence electrons. The summed E-state index contributed by atoms with van der Waals surface area (Å²) in [6, 6.07) is 15.2. The zero-order chi connectivity index (χ0) is 18.0. The molecule has 0 saturated carbocycles. The summed E-state index contributed by atoms with van der Waals surface area (Å²) in [5, 5.41) is 14.1. The van der Waals surface area contributed by atoms with E-state index in [-0.39, 0.29) is 5.92 Å². The van der Waals surface area contributed by atoms with Crippen molar-refractivity contribution in [2.45, 2.75) is 24.4 Å². The van der Waals surface area contributed by atoms with Crippen molar-refractivity contribution in [1.82, 2.24) is 9.80 Å². The Kier molecular flexibility index (Phi) is 5.28. The van der Waals surface area contributed by atoms with Crippen LogP contribution in [0.3, 0.4) is 0 Å². The van der Waals surface area contributed by atoms with Gasteiger partial charge in [-0.15, -0.1) is 0 Å². The Balaban J connectivity index is 1.66. The molecule has 1 unspecified atom stereocenters. The highest BCUT2D eigenvalue weighted by Gasteiger charge is 2.40. The summed E-state index contributed by atoms with van der Waals surface area (Å²) in [6.45, 7) is 6.34. The molecule has 0 aliphatic carbocycles. The fourth-order valence-electron chi connectivity index (χ4n) is 4.41. The molecule has 2 aliphatic rings. The van der Waals surface area contributed by atoms with Gasteiger partial charge in [-0.3, -0.25) is 4.90 Å². The van der Waals surface area contributed by atoms with Gasteiger partial charge in [0.05, 0.1) is 18.8 Å². The molecule has 0 bridgehead atoms. The number of nitrogens with zero attached hydrogens (tertiary/aromatic N) is 2. The van der Waals surface area contributed by atoms with E-state index in [4.69, 9.17) is 4.74 Å². The van der Waals surface area contributed by atoms with Gasteiger partial charge in [-0.1, -0.05) is 42.5 Å². The van der Waals surface area contributed by atoms with E-state index in [0.29, 0.717) is 0 Å². The number of likely N-dealkylation sites (tertiary alicyclic amines) is 1. The standard InChI is InChI=1S/C22H30N2O2/c1-23-10-8-22(25,9-11-23)21(17-24-12-14-26-15-13-24)20-7-6-18-4-2-3-5-19(18)16-20/h2-7,16,21,25H,8-15,17H2,1H3. The van der Waals surface area contributed by atoms with Crippen LogP contribution in [0.4, 0.5) is 0 Å². The largest absolute Gasteiger partial charge is 0.389 e. The van der Waals surface area contributed by atoms with E-state index in [1.165, 1.54) is 16.3 Å². The highest BCUT2D eigenvalue weighted by Crippen LogP contribution is 2.38. The highest BCUT2D eigenvalue weighted by molar-refractivity contribution is 5.83. The van der Waals surface area contributed by atoms with Crippen molar-refractivity contribution in [3.05, 3.63) is 48.0 Å². The van der Waals surface area contributed by atoms with E-state index in [9.17, 15) is 5.11 Å². The van der Waals surface area contributed by atoms with Crippen LogP contribution in [0.25, 0.3) is 10.8 Å². The zero-order valence-corrected chi connectivity index (χ0v) is 15.7. The van der Waals surface area contributed by atoms with Gasteiger partial charge in [0.25, 0.3) is 0 Å². The number of rotatable bonds is 4. The number of ether oxygens (including phenoxy) is 1. The normalized spacial score (nSPS) is 23.2. The molecule has 4 nitrogen and oxygen atoms in total. The lowest BCUT2D eigenvalue weighted by atomic mass is 9.75. The number of hydrogen-bond donors (Lipinski definition) is 1. The van der Waals surface area contributed by atoms with E-state index < -0.39 is 5.60 Å². The van der Waals surface area contributed by atoms with Crippen LogP contribution in [0.5, 0.6) is 0 Å². The Morgan fingerprint density at radius 3 is 2.42 bits per heavy atom. The van der Waals surface area contributed by atoms with Gasteiger partial charge in [0.2, 0.25) is 0 Å². The molecule has 0 spiro atoms. The summed E-state index contributed by atoms with van der Waals surface area (Å²) in [5.74, 6) is 0.138. The smallest absolute Gasteiger partial charge is 0.0752 e. The Morgan fingerprint density at radius 1 is 1.00 bits per heavy atom. The lowest BCUT2D eigenvalue weighted by Crippen LogP contribution is -2.51. The Bertz CT molecular complexity index is 734. The minimum absolute atomic E-state index is 0.138. The van der Waals surface area contributed by atoms with Crippen LogP contribution in [0.15, 0.2) is 42.5 Å². The average Bonchev–Trinajstić information content (AvgIpc) is 2.69. The van der Waals surface area contributed by atoms with Crippen LogP contribution in [-0.4, -0.2) is 73.5 Å². The second-order valence-electron chi connectivity index (χ2n) is 7.98. The monoisotopic (exact) mass is 354 g/mol. The van der Waals surface area contributed by atoms with Gasteiger partial charge in [0, 0.05) is 38.6 Å². The van der Waals surface area contributed by atoms with Crippen LogP contribution in [0.2, 0.25) is 0 Å². The predicted molar refractivity (Wildman–Crippen MR) is 106 cm³/mol. The maximum absolute atomic E-state index is 11.6. The number of benzene rings is 2. The van der Waals surface area contributed by atoms with Gasteiger partial charge in [-0.2, -0.15) is 0 Å². The first-order chi connectivity index (χ1) is 12.6. The summed E-state index contributed by atoms with van der Waals surface area (Å²) in [4.78, 5) is 4.78. The minimum atomic E-state index is -0.632. The number of piperidine rings is 1. The van der Waals surface area contributed by atoms with E-state index in [1.807, 2.05) is 0 Å². The van der Waals surface area contributed by atoms with Crippen LogP contribution in [-0.2, 0) is 4.74 Å².